The molecule has 0 fully saturated rings. The standard InChI is InChI=1S/C16H13ClN2O2S/c1-8-5-9(2)14-13(6-8)22-16(18-14)19-15(21)11-7-10(17)3-4-12(11)20/h3-7,20H,1-2H3,(H,18,19,21). The molecule has 0 saturated carbocycles. The normalized spacial score (nSPS) is 10.9. The Morgan fingerprint density at radius 3 is 2.82 bits per heavy atom. The van der Waals surface area contributed by atoms with Crippen LogP contribution in [0.5, 0.6) is 5.75 Å². The second kappa shape index (κ2) is 5.59. The van der Waals surface area contributed by atoms with E-state index in [-0.39, 0.29) is 11.3 Å². The van der Waals surface area contributed by atoms with Crippen LogP contribution in [0.4, 0.5) is 5.13 Å². The maximum atomic E-state index is 12.3. The number of nitrogens with one attached hydrogen (secondary N) is 1. The molecule has 2 N–H and O–H groups in total. The number of phenols is 1. The van der Waals surface area contributed by atoms with Gasteiger partial charge in [0.2, 0.25) is 0 Å². The zero-order chi connectivity index (χ0) is 15.9. The molecule has 3 aromatic rings. The van der Waals surface area contributed by atoms with Crippen LogP contribution in [0.3, 0.4) is 0 Å². The van der Waals surface area contributed by atoms with Gasteiger partial charge in [0.15, 0.2) is 5.13 Å². The molecule has 0 saturated heterocycles. The van der Waals surface area contributed by atoms with Crippen molar-refractivity contribution < 1.29 is 9.90 Å². The fraction of sp³-hybridized carbons (Fsp3) is 0.125. The summed E-state index contributed by atoms with van der Waals surface area (Å²) in [6, 6.07) is 8.43. The highest BCUT2D eigenvalue weighted by Crippen LogP contribution is 2.30. The molecule has 112 valence electrons. The third kappa shape index (κ3) is 2.77. The van der Waals surface area contributed by atoms with Gasteiger partial charge in [-0.2, -0.15) is 0 Å². The Hall–Kier alpha value is -2.11. The molecular weight excluding hydrogens is 320 g/mol. The van der Waals surface area contributed by atoms with Crippen molar-refractivity contribution in [2.24, 2.45) is 0 Å². The van der Waals surface area contributed by atoms with Crippen LogP contribution in [0, 0.1) is 13.8 Å². The zero-order valence-electron chi connectivity index (χ0n) is 12.0. The SMILES string of the molecule is Cc1cc(C)c2nc(NC(=O)c3cc(Cl)ccc3O)sc2c1. The molecule has 0 radical (unpaired) electrons. The van der Waals surface area contributed by atoms with Crippen molar-refractivity contribution in [2.75, 3.05) is 5.32 Å². The van der Waals surface area contributed by atoms with Crippen molar-refractivity contribution in [1.29, 1.82) is 0 Å². The number of phenolic OH excluding ortho intramolecular Hbond substituents is 1. The lowest BCUT2D eigenvalue weighted by Crippen LogP contribution is -2.11. The maximum absolute atomic E-state index is 12.3. The number of halogens is 1. The average Bonchev–Trinajstić information content (AvgIpc) is 2.84. The number of aryl methyl sites for hydroxylation is 2. The van der Waals surface area contributed by atoms with Crippen molar-refractivity contribution >= 4 is 44.2 Å². The molecule has 6 heteroatoms. The molecule has 3 rings (SSSR count). The first-order valence-corrected chi connectivity index (χ1v) is 7.81. The van der Waals surface area contributed by atoms with Gasteiger partial charge in [-0.3, -0.25) is 10.1 Å². The van der Waals surface area contributed by atoms with Crippen molar-refractivity contribution in [2.45, 2.75) is 13.8 Å². The van der Waals surface area contributed by atoms with Crippen LogP contribution in [0.25, 0.3) is 10.2 Å². The number of thiazole rings is 1. The quantitative estimate of drug-likeness (QED) is 0.725. The Balaban J connectivity index is 1.94. The minimum atomic E-state index is -0.437. The Morgan fingerprint density at radius 2 is 2.05 bits per heavy atom. The predicted octanol–water partition coefficient (Wildman–Crippen LogP) is 4.52. The summed E-state index contributed by atoms with van der Waals surface area (Å²) in [5, 5.41) is 13.4. The molecule has 22 heavy (non-hydrogen) atoms. The van der Waals surface area contributed by atoms with Crippen LogP contribution >= 0.6 is 22.9 Å². The van der Waals surface area contributed by atoms with E-state index >= 15 is 0 Å². The van der Waals surface area contributed by atoms with Crippen LogP contribution in [0.1, 0.15) is 21.5 Å². The number of anilines is 1. The largest absolute Gasteiger partial charge is 0.507 e. The first kappa shape index (κ1) is 14.8. The summed E-state index contributed by atoms with van der Waals surface area (Å²) in [4.78, 5) is 16.7. The molecule has 1 heterocycles. The first-order valence-electron chi connectivity index (χ1n) is 6.61. The number of aromatic nitrogens is 1. The van der Waals surface area contributed by atoms with Crippen LogP contribution in [0.15, 0.2) is 30.3 Å². The lowest BCUT2D eigenvalue weighted by molar-refractivity contribution is 0.102. The summed E-state index contributed by atoms with van der Waals surface area (Å²) >= 11 is 7.26. The van der Waals surface area contributed by atoms with Gasteiger partial charge in [-0.05, 0) is 49.2 Å². The molecule has 0 bridgehead atoms. The molecule has 1 aromatic heterocycles. The smallest absolute Gasteiger partial charge is 0.261 e. The summed E-state index contributed by atoms with van der Waals surface area (Å²) < 4.78 is 1.02. The van der Waals surface area contributed by atoms with Crippen molar-refractivity contribution in [3.05, 3.63) is 52.0 Å². The number of benzene rings is 2. The Labute approximate surface area is 136 Å². The number of hydrogen-bond donors (Lipinski definition) is 2. The summed E-state index contributed by atoms with van der Waals surface area (Å²) in [6.45, 7) is 4.01. The minimum Gasteiger partial charge on any atom is -0.507 e. The highest BCUT2D eigenvalue weighted by Gasteiger charge is 2.15. The number of fused-ring (bicyclic) bond motifs is 1. The fourth-order valence-electron chi connectivity index (χ4n) is 2.28. The van der Waals surface area contributed by atoms with E-state index < -0.39 is 5.91 Å². The van der Waals surface area contributed by atoms with E-state index in [0.29, 0.717) is 10.2 Å². The second-order valence-corrected chi connectivity index (χ2v) is 6.53. The van der Waals surface area contributed by atoms with Gasteiger partial charge in [0.1, 0.15) is 5.75 Å². The molecular formula is C16H13ClN2O2S. The molecule has 0 aliphatic heterocycles. The summed E-state index contributed by atoms with van der Waals surface area (Å²) in [7, 11) is 0. The summed E-state index contributed by atoms with van der Waals surface area (Å²) in [5.74, 6) is -0.552. The highest BCUT2D eigenvalue weighted by atomic mass is 35.5. The van der Waals surface area contributed by atoms with E-state index in [1.165, 1.54) is 29.5 Å². The van der Waals surface area contributed by atoms with E-state index in [0.717, 1.165) is 21.3 Å². The van der Waals surface area contributed by atoms with Gasteiger partial charge in [-0.15, -0.1) is 0 Å². The Bertz CT molecular complexity index is 889. The lowest BCUT2D eigenvalue weighted by atomic mass is 10.1. The van der Waals surface area contributed by atoms with Crippen LogP contribution in [-0.2, 0) is 0 Å². The zero-order valence-corrected chi connectivity index (χ0v) is 13.5. The number of aromatic hydroxyl groups is 1. The Kier molecular flexibility index (Phi) is 3.76. The molecule has 2 aromatic carbocycles. The van der Waals surface area contributed by atoms with E-state index in [9.17, 15) is 9.90 Å². The number of nitrogens with zero attached hydrogens (tertiary/aromatic N) is 1. The third-order valence-electron chi connectivity index (χ3n) is 3.25. The number of carbonyl (C=O) groups excluding carboxylic acids is 1. The third-order valence-corrected chi connectivity index (χ3v) is 4.41. The first-order chi connectivity index (χ1) is 10.4. The van der Waals surface area contributed by atoms with Gasteiger partial charge in [0.05, 0.1) is 15.8 Å². The molecule has 1 amide bonds. The number of rotatable bonds is 2. The monoisotopic (exact) mass is 332 g/mol. The maximum Gasteiger partial charge on any atom is 0.261 e. The second-order valence-electron chi connectivity index (χ2n) is 5.06. The van der Waals surface area contributed by atoms with Crippen molar-refractivity contribution in [1.82, 2.24) is 4.98 Å². The number of carbonyl (C=O) groups is 1. The Morgan fingerprint density at radius 1 is 1.27 bits per heavy atom. The van der Waals surface area contributed by atoms with E-state index in [2.05, 4.69) is 16.4 Å². The molecule has 0 unspecified atom stereocenters. The number of amides is 1. The summed E-state index contributed by atoms with van der Waals surface area (Å²) in [6.07, 6.45) is 0. The van der Waals surface area contributed by atoms with Crippen LogP contribution in [0.2, 0.25) is 5.02 Å². The number of hydrogen-bond acceptors (Lipinski definition) is 4. The fourth-order valence-corrected chi connectivity index (χ4v) is 3.49. The van der Waals surface area contributed by atoms with Gasteiger partial charge >= 0.3 is 0 Å². The highest BCUT2D eigenvalue weighted by molar-refractivity contribution is 7.22. The van der Waals surface area contributed by atoms with E-state index in [1.807, 2.05) is 19.9 Å². The molecule has 0 spiro atoms. The van der Waals surface area contributed by atoms with Crippen molar-refractivity contribution in [3.63, 3.8) is 0 Å². The van der Waals surface area contributed by atoms with Gasteiger partial charge in [0.25, 0.3) is 5.91 Å². The summed E-state index contributed by atoms with van der Waals surface area (Å²) in [5.41, 5.74) is 3.22. The molecule has 0 atom stereocenters. The van der Waals surface area contributed by atoms with E-state index in [4.69, 9.17) is 11.6 Å². The average molecular weight is 333 g/mol. The van der Waals surface area contributed by atoms with Crippen LogP contribution in [-0.4, -0.2) is 16.0 Å². The molecule has 0 aliphatic rings. The molecule has 0 aliphatic carbocycles. The lowest BCUT2D eigenvalue weighted by Gasteiger charge is -2.04. The predicted molar refractivity (Wildman–Crippen MR) is 90.2 cm³/mol. The van der Waals surface area contributed by atoms with Gasteiger partial charge in [-0.1, -0.05) is 29.0 Å². The van der Waals surface area contributed by atoms with Gasteiger partial charge < -0.3 is 5.11 Å². The minimum absolute atomic E-state index is 0.116. The van der Waals surface area contributed by atoms with Crippen LogP contribution < -0.4 is 5.32 Å². The van der Waals surface area contributed by atoms with Gasteiger partial charge in [0, 0.05) is 5.02 Å². The molecule has 4 nitrogen and oxygen atoms in total. The topological polar surface area (TPSA) is 62.2 Å². The van der Waals surface area contributed by atoms with E-state index in [1.54, 1.807) is 0 Å². The van der Waals surface area contributed by atoms with Gasteiger partial charge in [-0.25, -0.2) is 4.98 Å². The van der Waals surface area contributed by atoms with Crippen molar-refractivity contribution in [3.8, 4) is 5.75 Å².